The molecule has 0 saturated carbocycles. The minimum atomic E-state index is -0.173. The van der Waals surface area contributed by atoms with E-state index in [0.29, 0.717) is 48.6 Å². The highest BCUT2D eigenvalue weighted by Gasteiger charge is 2.15. The molecule has 0 unspecified atom stereocenters. The van der Waals surface area contributed by atoms with Crippen molar-refractivity contribution in [3.05, 3.63) is 79.0 Å². The summed E-state index contributed by atoms with van der Waals surface area (Å²) < 4.78 is 0. The van der Waals surface area contributed by atoms with Gasteiger partial charge in [0, 0.05) is 26.7 Å². The van der Waals surface area contributed by atoms with Gasteiger partial charge in [-0.2, -0.15) is 0 Å². The van der Waals surface area contributed by atoms with E-state index in [2.05, 4.69) is 9.97 Å². The largest absolute Gasteiger partial charge is 0.354 e. The molecule has 0 spiro atoms. The molecule has 0 atom stereocenters. The molecule has 0 radical (unpaired) electrons. The highest BCUT2D eigenvalue weighted by molar-refractivity contribution is 6.40. The van der Waals surface area contributed by atoms with E-state index in [1.54, 1.807) is 36.4 Å². The second kappa shape index (κ2) is 5.34. The Labute approximate surface area is 156 Å². The third-order valence-corrected chi connectivity index (χ3v) is 5.28. The van der Waals surface area contributed by atoms with Crippen LogP contribution in [0.4, 0.5) is 0 Å². The zero-order valence-electron chi connectivity index (χ0n) is 13.2. The Balaban J connectivity index is 2.08. The highest BCUT2D eigenvalue weighted by atomic mass is 35.5. The van der Waals surface area contributed by atoms with Gasteiger partial charge in [0.05, 0.1) is 27.0 Å². The summed E-state index contributed by atoms with van der Waals surface area (Å²) in [5.74, 6) is 0. The Kier molecular flexibility index (Phi) is 3.17. The normalized spacial score (nSPS) is 11.8. The molecule has 0 amide bonds. The monoisotopic (exact) mass is 380 g/mol. The minimum absolute atomic E-state index is 0.164. The van der Waals surface area contributed by atoms with Gasteiger partial charge in [-0.15, -0.1) is 0 Å². The van der Waals surface area contributed by atoms with E-state index < -0.39 is 0 Å². The molecule has 2 heterocycles. The van der Waals surface area contributed by atoms with Crippen LogP contribution in [0.2, 0.25) is 10.0 Å². The summed E-state index contributed by atoms with van der Waals surface area (Å²) in [5, 5.41) is 2.57. The number of nitrogens with one attached hydrogen (secondary N) is 2. The Morgan fingerprint density at radius 1 is 0.692 bits per heavy atom. The summed E-state index contributed by atoms with van der Waals surface area (Å²) >= 11 is 12.6. The fourth-order valence-corrected chi connectivity index (χ4v) is 3.95. The fourth-order valence-electron chi connectivity index (χ4n) is 3.44. The number of fused-ring (bicyclic) bond motifs is 4. The maximum Gasteiger partial charge on any atom is 0.198 e. The number of rotatable bonds is 0. The maximum absolute atomic E-state index is 12.9. The van der Waals surface area contributed by atoms with Gasteiger partial charge in [0.2, 0.25) is 0 Å². The molecule has 26 heavy (non-hydrogen) atoms. The van der Waals surface area contributed by atoms with Gasteiger partial charge in [-0.05, 0) is 36.4 Å². The minimum Gasteiger partial charge on any atom is -0.354 e. The van der Waals surface area contributed by atoms with Crippen molar-refractivity contribution in [3.63, 3.8) is 0 Å². The van der Waals surface area contributed by atoms with Crippen LogP contribution in [-0.4, -0.2) is 9.97 Å². The van der Waals surface area contributed by atoms with Crippen LogP contribution < -0.4 is 10.9 Å². The Morgan fingerprint density at radius 2 is 1.46 bits per heavy atom. The van der Waals surface area contributed by atoms with Gasteiger partial charge in [-0.3, -0.25) is 9.59 Å². The van der Waals surface area contributed by atoms with E-state index in [1.807, 2.05) is 12.1 Å². The van der Waals surface area contributed by atoms with Crippen molar-refractivity contribution in [2.24, 2.45) is 0 Å². The predicted octanol–water partition coefficient (Wildman–Crippen LogP) is 4.98. The number of para-hydroxylation sites is 1. The maximum atomic E-state index is 12.9. The molecule has 6 heteroatoms. The molecule has 126 valence electrons. The number of H-pyrrole nitrogens is 2. The van der Waals surface area contributed by atoms with Crippen LogP contribution in [0.3, 0.4) is 0 Å². The van der Waals surface area contributed by atoms with Crippen LogP contribution in [0.25, 0.3) is 43.6 Å². The SMILES string of the molecule is O=c1c2ccc(Cl)cc2[nH]c2c(Cl)c3c(=O)c4ccccc4[nH]c3cc12. The van der Waals surface area contributed by atoms with Gasteiger partial charge in [-0.25, -0.2) is 0 Å². The molecular weight excluding hydrogens is 371 g/mol. The molecule has 2 N–H and O–H groups in total. The van der Waals surface area contributed by atoms with Crippen molar-refractivity contribution in [3.8, 4) is 0 Å². The quantitative estimate of drug-likeness (QED) is 0.372. The highest BCUT2D eigenvalue weighted by Crippen LogP contribution is 2.30. The summed E-state index contributed by atoms with van der Waals surface area (Å²) in [7, 11) is 0. The standard InChI is InChI=1S/C20H10Cl2N2O2/c21-9-5-6-11-14(7-9)24-18-12(19(11)25)8-15-16(17(18)22)20(26)10-3-1-2-4-13(10)23-15/h1-8H,(H,23,26)(H,24,25). The number of aromatic nitrogens is 2. The molecule has 0 aliphatic carbocycles. The van der Waals surface area contributed by atoms with Gasteiger partial charge >= 0.3 is 0 Å². The van der Waals surface area contributed by atoms with Crippen molar-refractivity contribution in [2.75, 3.05) is 0 Å². The Hall–Kier alpha value is -2.82. The molecule has 0 saturated heterocycles. The first-order chi connectivity index (χ1) is 12.5. The number of aromatic amines is 2. The molecule has 4 nitrogen and oxygen atoms in total. The number of hydrogen-bond donors (Lipinski definition) is 2. The van der Waals surface area contributed by atoms with Crippen LogP contribution in [0.1, 0.15) is 0 Å². The van der Waals surface area contributed by atoms with E-state index in [-0.39, 0.29) is 15.9 Å². The number of halogens is 2. The average Bonchev–Trinajstić information content (AvgIpc) is 2.63. The van der Waals surface area contributed by atoms with Gasteiger partial charge in [0.15, 0.2) is 10.9 Å². The lowest BCUT2D eigenvalue weighted by Crippen LogP contribution is -2.09. The third kappa shape index (κ3) is 2.03. The molecular formula is C20H10Cl2N2O2. The first-order valence-electron chi connectivity index (χ1n) is 7.93. The smallest absolute Gasteiger partial charge is 0.198 e. The van der Waals surface area contributed by atoms with Crippen molar-refractivity contribution in [2.45, 2.75) is 0 Å². The molecule has 0 aliphatic heterocycles. The van der Waals surface area contributed by atoms with Crippen LogP contribution in [0.15, 0.2) is 58.1 Å². The lowest BCUT2D eigenvalue weighted by atomic mass is 10.1. The zero-order chi connectivity index (χ0) is 18.0. The van der Waals surface area contributed by atoms with E-state index in [9.17, 15) is 9.59 Å². The van der Waals surface area contributed by atoms with E-state index in [1.165, 1.54) is 0 Å². The second-order valence-corrected chi connectivity index (χ2v) is 6.99. The number of hydrogen-bond acceptors (Lipinski definition) is 2. The summed E-state index contributed by atoms with van der Waals surface area (Å²) in [5.41, 5.74) is 1.90. The van der Waals surface area contributed by atoms with Crippen molar-refractivity contribution in [1.29, 1.82) is 0 Å². The number of benzene rings is 3. The second-order valence-electron chi connectivity index (χ2n) is 6.18. The first kappa shape index (κ1) is 15.4. The van der Waals surface area contributed by atoms with Gasteiger partial charge in [-0.1, -0.05) is 35.3 Å². The van der Waals surface area contributed by atoms with Crippen molar-refractivity contribution in [1.82, 2.24) is 9.97 Å². The van der Waals surface area contributed by atoms with Crippen molar-refractivity contribution >= 4 is 66.8 Å². The Morgan fingerprint density at radius 3 is 2.31 bits per heavy atom. The first-order valence-corrected chi connectivity index (χ1v) is 8.68. The summed E-state index contributed by atoms with van der Waals surface area (Å²) in [4.78, 5) is 32.2. The molecule has 0 aliphatic rings. The molecule has 0 fully saturated rings. The fraction of sp³-hybridized carbons (Fsp3) is 0. The van der Waals surface area contributed by atoms with E-state index in [0.717, 1.165) is 0 Å². The van der Waals surface area contributed by atoms with Gasteiger partial charge < -0.3 is 9.97 Å². The topological polar surface area (TPSA) is 65.7 Å². The molecule has 3 aromatic carbocycles. The average molecular weight is 381 g/mol. The van der Waals surface area contributed by atoms with E-state index >= 15 is 0 Å². The third-order valence-electron chi connectivity index (χ3n) is 4.66. The molecule has 0 bridgehead atoms. The van der Waals surface area contributed by atoms with Gasteiger partial charge in [0.25, 0.3) is 0 Å². The number of pyridine rings is 2. The Bertz CT molecular complexity index is 1500. The lowest BCUT2D eigenvalue weighted by Gasteiger charge is -2.09. The van der Waals surface area contributed by atoms with Crippen LogP contribution in [0.5, 0.6) is 0 Å². The van der Waals surface area contributed by atoms with Crippen LogP contribution in [0, 0.1) is 0 Å². The van der Waals surface area contributed by atoms with Crippen molar-refractivity contribution < 1.29 is 0 Å². The van der Waals surface area contributed by atoms with E-state index in [4.69, 9.17) is 23.2 Å². The summed E-state index contributed by atoms with van der Waals surface area (Å²) in [6.45, 7) is 0. The van der Waals surface area contributed by atoms with Crippen LogP contribution >= 0.6 is 23.2 Å². The van der Waals surface area contributed by atoms with Gasteiger partial charge in [0.1, 0.15) is 0 Å². The lowest BCUT2D eigenvalue weighted by molar-refractivity contribution is 1.46. The summed E-state index contributed by atoms with van der Waals surface area (Å²) in [6, 6.07) is 13.9. The van der Waals surface area contributed by atoms with Crippen LogP contribution in [-0.2, 0) is 0 Å². The molecule has 2 aromatic heterocycles. The molecule has 5 rings (SSSR count). The molecule has 5 aromatic rings. The zero-order valence-corrected chi connectivity index (χ0v) is 14.7. The predicted molar refractivity (Wildman–Crippen MR) is 108 cm³/mol. The summed E-state index contributed by atoms with van der Waals surface area (Å²) in [6.07, 6.45) is 0.